The molecule has 0 saturated carbocycles. The van der Waals surface area contributed by atoms with E-state index in [0.29, 0.717) is 25.9 Å². The molecule has 27 heavy (non-hydrogen) atoms. The minimum absolute atomic E-state index is 0.0881. The third kappa shape index (κ3) is 24.4. The van der Waals surface area contributed by atoms with E-state index in [2.05, 4.69) is 16.0 Å². The first-order chi connectivity index (χ1) is 13.0. The normalized spacial score (nSPS) is 9.67. The van der Waals surface area contributed by atoms with Gasteiger partial charge < -0.3 is 16.0 Å². The maximum Gasteiger partial charge on any atom is 0.242 e. The highest BCUT2D eigenvalue weighted by Gasteiger charge is 2.20. The summed E-state index contributed by atoms with van der Waals surface area (Å²) in [6.45, 7) is 19.0. The van der Waals surface area contributed by atoms with Gasteiger partial charge in [0.2, 0.25) is 17.7 Å². The summed E-state index contributed by atoms with van der Waals surface area (Å²) in [6, 6.07) is -0.636. The number of amides is 3. The van der Waals surface area contributed by atoms with Crippen LogP contribution in [0.2, 0.25) is 0 Å². The predicted molar refractivity (Wildman–Crippen MR) is 117 cm³/mol. The number of rotatable bonds is 11. The fraction of sp³-hybridized carbons (Fsp3) is 0.857. The minimum Gasteiger partial charge on any atom is -0.356 e. The van der Waals surface area contributed by atoms with E-state index in [1.807, 2.05) is 62.3 Å². The Morgan fingerprint density at radius 1 is 0.667 bits per heavy atom. The highest BCUT2D eigenvalue weighted by Crippen LogP contribution is 2.00. The largest absolute Gasteiger partial charge is 0.356 e. The molecule has 0 aromatic heterocycles. The van der Waals surface area contributed by atoms with E-state index in [1.165, 1.54) is 0 Å². The Labute approximate surface area is 168 Å². The van der Waals surface area contributed by atoms with Crippen molar-refractivity contribution in [1.29, 1.82) is 0 Å². The van der Waals surface area contributed by atoms with Crippen LogP contribution in [0.3, 0.4) is 0 Å². The van der Waals surface area contributed by atoms with Crippen LogP contribution < -0.4 is 16.0 Å². The SMILES string of the molecule is CC.CC.CC.CCCNC(=O)CCC(NC(=O)CCC)C(=O)NCCC. The van der Waals surface area contributed by atoms with Gasteiger partial charge in [0.05, 0.1) is 0 Å². The highest BCUT2D eigenvalue weighted by molar-refractivity contribution is 5.88. The first-order valence-electron chi connectivity index (χ1n) is 10.9. The second-order valence-electron chi connectivity index (χ2n) is 5.05. The third-order valence-corrected chi connectivity index (χ3v) is 2.91. The molecule has 1 unspecified atom stereocenters. The standard InChI is InChI=1S/C15H29N3O3.3C2H6/c1-4-7-14(20)18-12(15(21)17-11-6-3)8-9-13(19)16-10-5-2;3*1-2/h12H,4-11H2,1-3H3,(H,16,19)(H,17,21)(H,18,20);3*1-2H3. The summed E-state index contributed by atoms with van der Waals surface area (Å²) in [6.07, 6.45) is 3.38. The second kappa shape index (κ2) is 29.2. The molecule has 0 heterocycles. The van der Waals surface area contributed by atoms with Crippen LogP contribution in [0.1, 0.15) is 101 Å². The second-order valence-corrected chi connectivity index (χ2v) is 5.05. The topological polar surface area (TPSA) is 87.3 Å². The molecular formula is C21H47N3O3. The number of hydrogen-bond donors (Lipinski definition) is 3. The van der Waals surface area contributed by atoms with Crippen LogP contribution in [-0.4, -0.2) is 36.9 Å². The lowest BCUT2D eigenvalue weighted by molar-refractivity contribution is -0.129. The molecule has 6 heteroatoms. The van der Waals surface area contributed by atoms with Crippen LogP contribution in [0.15, 0.2) is 0 Å². The molecule has 0 bridgehead atoms. The van der Waals surface area contributed by atoms with E-state index in [1.54, 1.807) is 0 Å². The van der Waals surface area contributed by atoms with Gasteiger partial charge in [-0.3, -0.25) is 14.4 Å². The van der Waals surface area contributed by atoms with Gasteiger partial charge in [0.1, 0.15) is 6.04 Å². The third-order valence-electron chi connectivity index (χ3n) is 2.91. The van der Waals surface area contributed by atoms with Gasteiger partial charge in [-0.25, -0.2) is 0 Å². The average Bonchev–Trinajstić information content (AvgIpc) is 2.72. The van der Waals surface area contributed by atoms with Crippen molar-refractivity contribution in [3.8, 4) is 0 Å². The molecule has 0 spiro atoms. The zero-order chi connectivity index (χ0) is 22.1. The highest BCUT2D eigenvalue weighted by atomic mass is 16.2. The average molecular weight is 390 g/mol. The van der Waals surface area contributed by atoms with Crippen molar-refractivity contribution in [2.45, 2.75) is 107 Å². The Bertz CT molecular complexity index is 335. The van der Waals surface area contributed by atoms with E-state index in [9.17, 15) is 14.4 Å². The van der Waals surface area contributed by atoms with Gasteiger partial charge in [-0.15, -0.1) is 0 Å². The van der Waals surface area contributed by atoms with Crippen LogP contribution in [0.25, 0.3) is 0 Å². The van der Waals surface area contributed by atoms with Gasteiger partial charge in [0.15, 0.2) is 0 Å². The van der Waals surface area contributed by atoms with Crippen molar-refractivity contribution in [1.82, 2.24) is 16.0 Å². The number of carbonyl (C=O) groups excluding carboxylic acids is 3. The van der Waals surface area contributed by atoms with Crippen LogP contribution in [0.5, 0.6) is 0 Å². The molecule has 0 aliphatic rings. The first kappa shape index (κ1) is 33.0. The maximum absolute atomic E-state index is 12.0. The summed E-state index contributed by atoms with van der Waals surface area (Å²) < 4.78 is 0. The lowest BCUT2D eigenvalue weighted by Gasteiger charge is -2.18. The Balaban J connectivity index is -0.000000397. The zero-order valence-corrected chi connectivity index (χ0v) is 19.5. The van der Waals surface area contributed by atoms with E-state index in [-0.39, 0.29) is 24.1 Å². The van der Waals surface area contributed by atoms with Crippen molar-refractivity contribution in [3.05, 3.63) is 0 Å². The van der Waals surface area contributed by atoms with E-state index >= 15 is 0 Å². The smallest absolute Gasteiger partial charge is 0.242 e. The van der Waals surface area contributed by atoms with E-state index in [0.717, 1.165) is 19.3 Å². The van der Waals surface area contributed by atoms with Crippen LogP contribution >= 0.6 is 0 Å². The minimum atomic E-state index is -0.636. The summed E-state index contributed by atoms with van der Waals surface area (Å²) in [5.41, 5.74) is 0. The molecule has 3 N–H and O–H groups in total. The van der Waals surface area contributed by atoms with Crippen molar-refractivity contribution in [2.24, 2.45) is 0 Å². The van der Waals surface area contributed by atoms with E-state index < -0.39 is 6.04 Å². The van der Waals surface area contributed by atoms with Gasteiger partial charge in [-0.05, 0) is 25.7 Å². The first-order valence-corrected chi connectivity index (χ1v) is 10.9. The summed E-state index contributed by atoms with van der Waals surface area (Å²) in [7, 11) is 0. The molecule has 0 saturated heterocycles. The van der Waals surface area contributed by atoms with Gasteiger partial charge in [-0.1, -0.05) is 62.3 Å². The number of carbonyl (C=O) groups is 3. The predicted octanol–water partition coefficient (Wildman–Crippen LogP) is 4.18. The molecular weight excluding hydrogens is 342 g/mol. The molecule has 164 valence electrons. The summed E-state index contributed by atoms with van der Waals surface area (Å²) >= 11 is 0. The molecule has 6 nitrogen and oxygen atoms in total. The molecule has 0 aliphatic carbocycles. The molecule has 3 amide bonds. The Morgan fingerprint density at radius 3 is 1.59 bits per heavy atom. The van der Waals surface area contributed by atoms with Crippen molar-refractivity contribution >= 4 is 17.7 Å². The molecule has 0 rings (SSSR count). The van der Waals surface area contributed by atoms with Crippen molar-refractivity contribution < 1.29 is 14.4 Å². The van der Waals surface area contributed by atoms with Gasteiger partial charge >= 0.3 is 0 Å². The molecule has 1 atom stereocenters. The lowest BCUT2D eigenvalue weighted by Crippen LogP contribution is -2.47. The Kier molecular flexibility index (Phi) is 35.7. The van der Waals surface area contributed by atoms with Gasteiger partial charge in [-0.2, -0.15) is 0 Å². The van der Waals surface area contributed by atoms with Crippen LogP contribution in [-0.2, 0) is 14.4 Å². The maximum atomic E-state index is 12.0. The number of hydrogen-bond acceptors (Lipinski definition) is 3. The van der Waals surface area contributed by atoms with Gasteiger partial charge in [0.25, 0.3) is 0 Å². The molecule has 0 aliphatic heterocycles. The fourth-order valence-electron chi connectivity index (χ4n) is 1.76. The van der Waals surface area contributed by atoms with Gasteiger partial charge in [0, 0.05) is 25.9 Å². The fourth-order valence-corrected chi connectivity index (χ4v) is 1.76. The van der Waals surface area contributed by atoms with Crippen LogP contribution in [0.4, 0.5) is 0 Å². The van der Waals surface area contributed by atoms with Crippen LogP contribution in [0, 0.1) is 0 Å². The summed E-state index contributed by atoms with van der Waals surface area (Å²) in [5, 5.41) is 8.23. The molecule has 0 fully saturated rings. The van der Waals surface area contributed by atoms with E-state index in [4.69, 9.17) is 0 Å². The van der Waals surface area contributed by atoms with Crippen molar-refractivity contribution in [2.75, 3.05) is 13.1 Å². The molecule has 0 aromatic rings. The Morgan fingerprint density at radius 2 is 1.15 bits per heavy atom. The van der Waals surface area contributed by atoms with Crippen molar-refractivity contribution in [3.63, 3.8) is 0 Å². The number of nitrogens with one attached hydrogen (secondary N) is 3. The molecule has 0 radical (unpaired) electrons. The quantitative estimate of drug-likeness (QED) is 0.495. The monoisotopic (exact) mass is 389 g/mol. The zero-order valence-electron chi connectivity index (χ0n) is 19.5. The Hall–Kier alpha value is -1.59. The molecule has 0 aromatic carbocycles. The lowest BCUT2D eigenvalue weighted by atomic mass is 10.1. The summed E-state index contributed by atoms with van der Waals surface area (Å²) in [4.78, 5) is 35.3. The summed E-state index contributed by atoms with van der Waals surface area (Å²) in [5.74, 6) is -0.456.